The highest BCUT2D eigenvalue weighted by molar-refractivity contribution is 5.33. The molecule has 1 heterocycles. The fourth-order valence-electron chi connectivity index (χ4n) is 2.74. The maximum absolute atomic E-state index is 6.20. The van der Waals surface area contributed by atoms with Gasteiger partial charge in [0.1, 0.15) is 0 Å². The van der Waals surface area contributed by atoms with Gasteiger partial charge in [0.2, 0.25) is 0 Å². The Morgan fingerprint density at radius 1 is 1.20 bits per heavy atom. The second-order valence-corrected chi connectivity index (χ2v) is 5.69. The van der Waals surface area contributed by atoms with E-state index in [2.05, 4.69) is 62.6 Å². The first-order chi connectivity index (χ1) is 9.43. The van der Waals surface area contributed by atoms with E-state index in [-0.39, 0.29) is 6.04 Å². The summed E-state index contributed by atoms with van der Waals surface area (Å²) in [5.74, 6) is 0. The average Bonchev–Trinajstić information content (AvgIpc) is 2.68. The van der Waals surface area contributed by atoms with Gasteiger partial charge < -0.3 is 5.73 Å². The number of benzene rings is 1. The van der Waals surface area contributed by atoms with Crippen LogP contribution in [0.3, 0.4) is 0 Å². The zero-order valence-corrected chi connectivity index (χ0v) is 13.2. The van der Waals surface area contributed by atoms with E-state index in [0.717, 1.165) is 18.7 Å². The Morgan fingerprint density at radius 3 is 2.55 bits per heavy atom. The molecule has 1 atom stereocenters. The SMILES string of the molecule is CCC(N)c1c(C)nn(Cc2cc(C)ccc2C)c1C. The molecule has 0 saturated carbocycles. The second-order valence-electron chi connectivity index (χ2n) is 5.69. The van der Waals surface area contributed by atoms with Crippen molar-refractivity contribution in [3.63, 3.8) is 0 Å². The number of hydrogen-bond acceptors (Lipinski definition) is 2. The van der Waals surface area contributed by atoms with Crippen molar-refractivity contribution in [1.82, 2.24) is 9.78 Å². The van der Waals surface area contributed by atoms with Crippen molar-refractivity contribution in [3.05, 3.63) is 51.8 Å². The van der Waals surface area contributed by atoms with Crippen molar-refractivity contribution in [1.29, 1.82) is 0 Å². The van der Waals surface area contributed by atoms with Crippen LogP contribution in [0.15, 0.2) is 18.2 Å². The van der Waals surface area contributed by atoms with Crippen molar-refractivity contribution >= 4 is 0 Å². The third-order valence-corrected chi connectivity index (χ3v) is 4.07. The molecule has 0 amide bonds. The first-order valence-electron chi connectivity index (χ1n) is 7.29. The molecular formula is C17H25N3. The Bertz CT molecular complexity index is 611. The lowest BCUT2D eigenvalue weighted by Gasteiger charge is -2.11. The predicted molar refractivity (Wildman–Crippen MR) is 83.9 cm³/mol. The van der Waals surface area contributed by atoms with E-state index in [1.54, 1.807) is 0 Å². The van der Waals surface area contributed by atoms with E-state index in [4.69, 9.17) is 5.73 Å². The molecule has 0 aliphatic carbocycles. The normalized spacial score (nSPS) is 12.7. The van der Waals surface area contributed by atoms with Crippen LogP contribution in [-0.2, 0) is 6.54 Å². The number of hydrogen-bond donors (Lipinski definition) is 1. The smallest absolute Gasteiger partial charge is 0.0665 e. The quantitative estimate of drug-likeness (QED) is 0.923. The van der Waals surface area contributed by atoms with E-state index in [1.807, 2.05) is 0 Å². The Labute approximate surface area is 121 Å². The first-order valence-corrected chi connectivity index (χ1v) is 7.29. The van der Waals surface area contributed by atoms with Gasteiger partial charge in [0.15, 0.2) is 0 Å². The molecule has 0 aliphatic rings. The van der Waals surface area contributed by atoms with Crippen molar-refractivity contribution < 1.29 is 0 Å². The third kappa shape index (κ3) is 2.78. The van der Waals surface area contributed by atoms with Gasteiger partial charge in [0.05, 0.1) is 12.2 Å². The maximum atomic E-state index is 6.20. The summed E-state index contributed by atoms with van der Waals surface area (Å²) in [4.78, 5) is 0. The predicted octanol–water partition coefficient (Wildman–Crippen LogP) is 3.57. The lowest BCUT2D eigenvalue weighted by molar-refractivity contribution is 0.648. The standard InChI is InChI=1S/C17H25N3/c1-6-16(18)17-13(4)19-20(14(17)5)10-15-9-11(2)7-8-12(15)3/h7-9,16H,6,10,18H2,1-5H3. The van der Waals surface area contributed by atoms with Crippen LogP contribution in [0.2, 0.25) is 0 Å². The molecule has 0 aliphatic heterocycles. The minimum absolute atomic E-state index is 0.0855. The van der Waals surface area contributed by atoms with Crippen molar-refractivity contribution in [2.24, 2.45) is 5.73 Å². The molecule has 3 nitrogen and oxygen atoms in total. The lowest BCUT2D eigenvalue weighted by Crippen LogP contribution is -2.11. The van der Waals surface area contributed by atoms with Gasteiger partial charge in [-0.1, -0.05) is 30.7 Å². The molecule has 3 heteroatoms. The van der Waals surface area contributed by atoms with Crippen molar-refractivity contribution in [2.75, 3.05) is 0 Å². The molecule has 0 radical (unpaired) electrons. The Hall–Kier alpha value is -1.61. The molecular weight excluding hydrogens is 246 g/mol. The molecule has 1 aromatic heterocycles. The van der Waals surface area contributed by atoms with E-state index >= 15 is 0 Å². The van der Waals surface area contributed by atoms with Crippen molar-refractivity contribution in [3.8, 4) is 0 Å². The molecule has 0 saturated heterocycles. The molecule has 2 N–H and O–H groups in total. The van der Waals surface area contributed by atoms with Crippen LogP contribution < -0.4 is 5.73 Å². The molecule has 108 valence electrons. The number of nitrogens with two attached hydrogens (primary N) is 1. The summed E-state index contributed by atoms with van der Waals surface area (Å²) in [6.45, 7) is 11.4. The molecule has 0 fully saturated rings. The summed E-state index contributed by atoms with van der Waals surface area (Å²) in [6, 6.07) is 6.65. The van der Waals surface area contributed by atoms with Crippen LogP contribution in [0.5, 0.6) is 0 Å². The summed E-state index contributed by atoms with van der Waals surface area (Å²) < 4.78 is 2.09. The van der Waals surface area contributed by atoms with E-state index < -0.39 is 0 Å². The van der Waals surface area contributed by atoms with E-state index in [1.165, 1.54) is 27.9 Å². The highest BCUT2D eigenvalue weighted by Gasteiger charge is 2.17. The molecule has 1 unspecified atom stereocenters. The molecule has 0 spiro atoms. The van der Waals surface area contributed by atoms with Crippen molar-refractivity contribution in [2.45, 2.75) is 53.6 Å². The molecule has 1 aromatic carbocycles. The van der Waals surface area contributed by atoms with Gasteiger partial charge in [-0.15, -0.1) is 0 Å². The molecule has 20 heavy (non-hydrogen) atoms. The molecule has 2 rings (SSSR count). The van der Waals surface area contributed by atoms with Crippen LogP contribution in [-0.4, -0.2) is 9.78 Å². The number of aromatic nitrogens is 2. The minimum Gasteiger partial charge on any atom is -0.324 e. The van der Waals surface area contributed by atoms with Gasteiger partial charge in [-0.25, -0.2) is 0 Å². The number of nitrogens with zero attached hydrogens (tertiary/aromatic N) is 2. The van der Waals surface area contributed by atoms with Gasteiger partial charge >= 0.3 is 0 Å². The highest BCUT2D eigenvalue weighted by atomic mass is 15.3. The Kier molecular flexibility index (Phi) is 4.29. The van der Waals surface area contributed by atoms with Crippen LogP contribution in [0.4, 0.5) is 0 Å². The zero-order chi connectivity index (χ0) is 14.9. The average molecular weight is 271 g/mol. The number of rotatable bonds is 4. The fourth-order valence-corrected chi connectivity index (χ4v) is 2.74. The second kappa shape index (κ2) is 5.80. The lowest BCUT2D eigenvalue weighted by atomic mass is 10.0. The fraction of sp³-hybridized carbons (Fsp3) is 0.471. The number of aryl methyl sites for hydroxylation is 3. The van der Waals surface area contributed by atoms with Gasteiger partial charge in [-0.3, -0.25) is 4.68 Å². The van der Waals surface area contributed by atoms with Crippen LogP contribution in [0.1, 0.15) is 53.0 Å². The summed E-state index contributed by atoms with van der Waals surface area (Å²) in [7, 11) is 0. The highest BCUT2D eigenvalue weighted by Crippen LogP contribution is 2.23. The Balaban J connectivity index is 2.37. The van der Waals surface area contributed by atoms with Gasteiger partial charge in [0, 0.05) is 17.3 Å². The van der Waals surface area contributed by atoms with Crippen LogP contribution >= 0.6 is 0 Å². The topological polar surface area (TPSA) is 43.8 Å². The third-order valence-electron chi connectivity index (χ3n) is 4.07. The van der Waals surface area contributed by atoms with Crippen LogP contribution in [0.25, 0.3) is 0 Å². The summed E-state index contributed by atoms with van der Waals surface area (Å²) in [5.41, 5.74) is 13.6. The monoisotopic (exact) mass is 271 g/mol. The van der Waals surface area contributed by atoms with Gasteiger partial charge in [-0.05, 0) is 45.2 Å². The summed E-state index contributed by atoms with van der Waals surface area (Å²) >= 11 is 0. The largest absolute Gasteiger partial charge is 0.324 e. The minimum atomic E-state index is 0.0855. The summed E-state index contributed by atoms with van der Waals surface area (Å²) in [5, 5.41) is 4.68. The maximum Gasteiger partial charge on any atom is 0.0665 e. The van der Waals surface area contributed by atoms with E-state index in [9.17, 15) is 0 Å². The zero-order valence-electron chi connectivity index (χ0n) is 13.2. The van der Waals surface area contributed by atoms with Crippen LogP contribution in [0, 0.1) is 27.7 Å². The molecule has 0 bridgehead atoms. The Morgan fingerprint density at radius 2 is 1.90 bits per heavy atom. The van der Waals surface area contributed by atoms with Gasteiger partial charge in [-0.2, -0.15) is 5.10 Å². The summed E-state index contributed by atoms with van der Waals surface area (Å²) in [6.07, 6.45) is 0.941. The van der Waals surface area contributed by atoms with E-state index in [0.29, 0.717) is 0 Å². The first kappa shape index (κ1) is 14.8. The molecule has 2 aromatic rings. The van der Waals surface area contributed by atoms with Gasteiger partial charge in [0.25, 0.3) is 0 Å².